The van der Waals surface area contributed by atoms with Gasteiger partial charge < -0.3 is 10.0 Å². The van der Waals surface area contributed by atoms with Crippen molar-refractivity contribution in [3.8, 4) is 0 Å². The Bertz CT molecular complexity index is 875. The zero-order valence-corrected chi connectivity index (χ0v) is 16.9. The van der Waals surface area contributed by atoms with Crippen molar-refractivity contribution in [2.45, 2.75) is 46.0 Å². The molecule has 1 aliphatic rings. The fraction of sp³-hybridized carbons (Fsp3) is 0.429. The highest BCUT2D eigenvalue weighted by Crippen LogP contribution is 2.33. The molecule has 0 unspecified atom stereocenters. The van der Waals surface area contributed by atoms with Crippen molar-refractivity contribution < 1.29 is 31.9 Å². The monoisotopic (exact) mass is 430 g/mol. The van der Waals surface area contributed by atoms with E-state index in [0.29, 0.717) is 11.1 Å². The minimum atomic E-state index is -3.20. The van der Waals surface area contributed by atoms with Crippen molar-refractivity contribution in [2.75, 3.05) is 13.1 Å². The molecule has 4 nitrogen and oxygen atoms in total. The Morgan fingerprint density at radius 1 is 1.10 bits per heavy atom. The van der Waals surface area contributed by atoms with E-state index in [1.54, 1.807) is 6.92 Å². The molecule has 30 heavy (non-hydrogen) atoms. The zero-order chi connectivity index (χ0) is 22.6. The first-order valence-corrected chi connectivity index (χ1v) is 9.30. The van der Waals surface area contributed by atoms with Crippen LogP contribution in [0.3, 0.4) is 0 Å². The number of hydrogen-bond acceptors (Lipinski definition) is 3. The summed E-state index contributed by atoms with van der Waals surface area (Å²) in [7, 11) is 0. The smallest absolute Gasteiger partial charge is 0.337 e. The van der Waals surface area contributed by atoms with Gasteiger partial charge in [-0.05, 0) is 44.0 Å². The van der Waals surface area contributed by atoms with Gasteiger partial charge in [0.1, 0.15) is 17.3 Å². The number of alkyl halides is 4. The summed E-state index contributed by atoms with van der Waals surface area (Å²) in [6.45, 7) is 4.01. The summed E-state index contributed by atoms with van der Waals surface area (Å²) in [6, 6.07) is 5.19. The topological polar surface area (TPSA) is 52.9 Å². The van der Waals surface area contributed by atoms with E-state index in [4.69, 9.17) is 0 Å². The maximum absolute atomic E-state index is 13.8. The third-order valence-corrected chi connectivity index (χ3v) is 4.81. The Kier molecular flexibility index (Phi) is 7.39. The van der Waals surface area contributed by atoms with Crippen LogP contribution >= 0.6 is 0 Å². The molecule has 164 valence electrons. The number of carboxylic acids is 1. The second-order valence-corrected chi connectivity index (χ2v) is 7.28. The predicted molar refractivity (Wildman–Crippen MR) is 104 cm³/mol. The lowest BCUT2D eigenvalue weighted by molar-refractivity contribution is -0.132. The highest BCUT2D eigenvalue weighted by Gasteiger charge is 2.36. The number of carbonyl (C=O) groups is 1. The third kappa shape index (κ3) is 5.67. The van der Waals surface area contributed by atoms with E-state index in [0.717, 1.165) is 0 Å². The number of allylic oxidation sites excluding steroid dienone is 2. The molecule has 0 spiro atoms. The summed E-state index contributed by atoms with van der Waals surface area (Å²) in [5, 5.41) is 9.40. The van der Waals surface area contributed by atoms with E-state index >= 15 is 0 Å². The van der Waals surface area contributed by atoms with Crippen molar-refractivity contribution in [3.63, 3.8) is 0 Å². The normalized spacial score (nSPS) is 17.6. The Morgan fingerprint density at radius 2 is 1.63 bits per heavy atom. The van der Waals surface area contributed by atoms with Gasteiger partial charge in [0.15, 0.2) is 0 Å². The van der Waals surface area contributed by atoms with Gasteiger partial charge in [-0.25, -0.2) is 31.7 Å². The van der Waals surface area contributed by atoms with Gasteiger partial charge >= 0.3 is 5.97 Å². The fourth-order valence-electron chi connectivity index (χ4n) is 3.17. The molecule has 1 aromatic rings. The lowest BCUT2D eigenvalue weighted by atomic mass is 10.0. The summed E-state index contributed by atoms with van der Waals surface area (Å²) in [4.78, 5) is 17.0. The summed E-state index contributed by atoms with van der Waals surface area (Å²) in [5.74, 6) is -4.96. The van der Waals surface area contributed by atoms with Crippen LogP contribution in [0.1, 0.15) is 39.2 Å². The highest BCUT2D eigenvalue weighted by atomic mass is 19.3. The molecule has 0 atom stereocenters. The molecular weight excluding hydrogens is 407 g/mol. The second kappa shape index (κ2) is 9.40. The van der Waals surface area contributed by atoms with E-state index < -0.39 is 48.3 Å². The first-order valence-electron chi connectivity index (χ1n) is 9.30. The van der Waals surface area contributed by atoms with Crippen LogP contribution in [0.2, 0.25) is 0 Å². The molecule has 1 heterocycles. The molecule has 0 amide bonds. The van der Waals surface area contributed by atoms with Gasteiger partial charge in [0.2, 0.25) is 0 Å². The van der Waals surface area contributed by atoms with Gasteiger partial charge in [0.25, 0.3) is 12.3 Å². The Balaban J connectivity index is 2.67. The molecular formula is C21H23F5N2O2. The largest absolute Gasteiger partial charge is 0.478 e. The average Bonchev–Trinajstić information content (AvgIpc) is 2.64. The fourth-order valence-corrected chi connectivity index (χ4v) is 3.17. The van der Waals surface area contributed by atoms with Crippen molar-refractivity contribution in [3.05, 3.63) is 52.6 Å². The van der Waals surface area contributed by atoms with Crippen molar-refractivity contribution in [2.24, 2.45) is 4.99 Å². The number of hydrogen-bond donors (Lipinski definition) is 1. The van der Waals surface area contributed by atoms with E-state index in [2.05, 4.69) is 4.99 Å². The molecule has 1 aliphatic heterocycles. The lowest BCUT2D eigenvalue weighted by Gasteiger charge is -2.34. The number of rotatable bonds is 6. The van der Waals surface area contributed by atoms with Gasteiger partial charge in [0.05, 0.1) is 5.57 Å². The van der Waals surface area contributed by atoms with Crippen LogP contribution in [-0.2, 0) is 4.79 Å². The number of carboxylic acid groups (broad SMARTS) is 1. The van der Waals surface area contributed by atoms with E-state index in [1.165, 1.54) is 43.0 Å². The van der Waals surface area contributed by atoms with Gasteiger partial charge in [-0.15, -0.1) is 0 Å². The van der Waals surface area contributed by atoms with Crippen molar-refractivity contribution in [1.29, 1.82) is 0 Å². The predicted octanol–water partition coefficient (Wildman–Crippen LogP) is 5.37. The number of benzene rings is 1. The van der Waals surface area contributed by atoms with Gasteiger partial charge in [-0.1, -0.05) is 17.7 Å². The maximum Gasteiger partial charge on any atom is 0.337 e. The van der Waals surface area contributed by atoms with Crippen LogP contribution < -0.4 is 0 Å². The maximum atomic E-state index is 13.8. The van der Waals surface area contributed by atoms with Crippen LogP contribution in [0.5, 0.6) is 0 Å². The van der Waals surface area contributed by atoms with Crippen LogP contribution in [0.15, 0.2) is 46.2 Å². The summed E-state index contributed by atoms with van der Waals surface area (Å²) in [5.41, 5.74) is -0.648. The molecule has 1 aromatic carbocycles. The van der Waals surface area contributed by atoms with Crippen LogP contribution in [0, 0.1) is 5.82 Å². The molecule has 1 N–H and O–H groups in total. The Hall–Kier alpha value is -2.71. The van der Waals surface area contributed by atoms with Crippen molar-refractivity contribution in [1.82, 2.24) is 4.90 Å². The molecule has 0 aromatic heterocycles. The summed E-state index contributed by atoms with van der Waals surface area (Å²) in [6.07, 6.45) is -4.17. The summed E-state index contributed by atoms with van der Waals surface area (Å²) >= 11 is 0. The molecule has 1 fully saturated rings. The van der Waals surface area contributed by atoms with Gasteiger partial charge in [-0.2, -0.15) is 0 Å². The lowest BCUT2D eigenvalue weighted by Crippen LogP contribution is -2.39. The number of piperidine rings is 1. The number of halogens is 5. The molecule has 0 radical (unpaired) electrons. The zero-order valence-electron chi connectivity index (χ0n) is 16.9. The molecule has 1 saturated heterocycles. The molecule has 0 bridgehead atoms. The number of likely N-dealkylation sites (tertiary alicyclic amines) is 1. The average molecular weight is 430 g/mol. The first kappa shape index (κ1) is 23.6. The standard InChI is InChI=1S/C21H23F5N2O2/c1-12(2)16(20(29)30)17(18(23)24)27-19(28-10-8-21(25,26)9-11-28)13(3)14-4-6-15(22)7-5-14/h4-7,18H,8-11H2,1-3H3,(H,29,30)/b19-13-,27-17+. The van der Waals surface area contributed by atoms with E-state index in [9.17, 15) is 31.9 Å². The first-order chi connectivity index (χ1) is 13.9. The molecule has 0 saturated carbocycles. The molecule has 9 heteroatoms. The molecule has 0 aliphatic carbocycles. The Morgan fingerprint density at radius 3 is 2.07 bits per heavy atom. The summed E-state index contributed by atoms with van der Waals surface area (Å²) < 4.78 is 68.1. The Labute approximate surface area is 171 Å². The third-order valence-electron chi connectivity index (χ3n) is 4.81. The van der Waals surface area contributed by atoms with E-state index in [-0.39, 0.29) is 24.5 Å². The number of aliphatic imine (C=N–C) groups is 1. The van der Waals surface area contributed by atoms with Crippen molar-refractivity contribution >= 4 is 17.3 Å². The van der Waals surface area contributed by atoms with E-state index in [1.807, 2.05) is 0 Å². The minimum absolute atomic E-state index is 0.0348. The quantitative estimate of drug-likeness (QED) is 0.375. The highest BCUT2D eigenvalue weighted by molar-refractivity contribution is 6.21. The SMILES string of the molecule is CC(C)=C(C(=O)O)/C(=N\C(=C(/C)c1ccc(F)cc1)N1CCC(F)(F)CC1)C(F)F. The van der Waals surface area contributed by atoms with Crippen LogP contribution in [0.25, 0.3) is 5.57 Å². The number of aliphatic carboxylic acids is 1. The minimum Gasteiger partial charge on any atom is -0.478 e. The number of nitrogens with zero attached hydrogens (tertiary/aromatic N) is 2. The second-order valence-electron chi connectivity index (χ2n) is 7.28. The van der Waals surface area contributed by atoms with Gasteiger partial charge in [-0.3, -0.25) is 0 Å². The molecule has 2 rings (SSSR count). The van der Waals surface area contributed by atoms with Crippen LogP contribution in [0.4, 0.5) is 22.0 Å². The van der Waals surface area contributed by atoms with Crippen LogP contribution in [-0.4, -0.2) is 47.1 Å². The van der Waals surface area contributed by atoms with Gasteiger partial charge in [0, 0.05) is 25.9 Å².